The molecule has 0 aromatic heterocycles. The second kappa shape index (κ2) is 9.88. The van der Waals surface area contributed by atoms with Gasteiger partial charge in [-0.05, 0) is 31.0 Å². The van der Waals surface area contributed by atoms with Crippen molar-refractivity contribution in [3.8, 4) is 0 Å². The summed E-state index contributed by atoms with van der Waals surface area (Å²) in [5.41, 5.74) is 7.87. The molecule has 0 aliphatic rings. The van der Waals surface area contributed by atoms with Gasteiger partial charge in [0.1, 0.15) is 0 Å². The number of nitrogens with two attached hydrogens (primary N) is 1. The number of rotatable bonds is 10. The molecule has 0 heterocycles. The van der Waals surface area contributed by atoms with Crippen molar-refractivity contribution in [3.05, 3.63) is 29.8 Å². The lowest BCUT2D eigenvalue weighted by atomic mass is 10.2. The predicted molar refractivity (Wildman–Crippen MR) is 74.5 cm³/mol. The van der Waals surface area contributed by atoms with Crippen LogP contribution in [0.4, 0.5) is 5.69 Å². The standard InChI is InChI=1S/C14H24N2O2/c1-17-10-11-18-9-5-4-8-16-12-13-6-2-3-7-14(13)15/h2-3,6-7,16H,4-5,8-12,15H2,1H3. The summed E-state index contributed by atoms with van der Waals surface area (Å²) in [6.07, 6.45) is 2.18. The monoisotopic (exact) mass is 252 g/mol. The van der Waals surface area contributed by atoms with Crippen molar-refractivity contribution in [3.63, 3.8) is 0 Å². The minimum Gasteiger partial charge on any atom is -0.398 e. The van der Waals surface area contributed by atoms with Crippen LogP contribution < -0.4 is 11.1 Å². The zero-order chi connectivity index (χ0) is 13.1. The van der Waals surface area contributed by atoms with E-state index in [-0.39, 0.29) is 0 Å². The number of benzene rings is 1. The van der Waals surface area contributed by atoms with Gasteiger partial charge in [0.25, 0.3) is 0 Å². The highest BCUT2D eigenvalue weighted by molar-refractivity contribution is 5.46. The Labute approximate surface area is 109 Å². The third-order valence-corrected chi connectivity index (χ3v) is 2.69. The third-order valence-electron chi connectivity index (χ3n) is 2.69. The van der Waals surface area contributed by atoms with Gasteiger partial charge in [0, 0.05) is 25.9 Å². The highest BCUT2D eigenvalue weighted by Crippen LogP contribution is 2.09. The van der Waals surface area contributed by atoms with E-state index in [0.717, 1.165) is 43.8 Å². The SMILES string of the molecule is COCCOCCCCNCc1ccccc1N. The lowest BCUT2D eigenvalue weighted by Gasteiger charge is -2.07. The van der Waals surface area contributed by atoms with Gasteiger partial charge in [-0.2, -0.15) is 0 Å². The molecule has 0 aliphatic heterocycles. The molecule has 0 bridgehead atoms. The van der Waals surface area contributed by atoms with E-state index in [1.807, 2.05) is 18.2 Å². The first-order chi connectivity index (χ1) is 8.84. The smallest absolute Gasteiger partial charge is 0.0700 e. The van der Waals surface area contributed by atoms with Crippen molar-refractivity contribution in [2.75, 3.05) is 39.2 Å². The van der Waals surface area contributed by atoms with Gasteiger partial charge in [-0.1, -0.05) is 18.2 Å². The van der Waals surface area contributed by atoms with Crippen LogP contribution in [0.2, 0.25) is 0 Å². The van der Waals surface area contributed by atoms with E-state index in [4.69, 9.17) is 15.2 Å². The van der Waals surface area contributed by atoms with Gasteiger partial charge in [0.15, 0.2) is 0 Å². The van der Waals surface area contributed by atoms with Gasteiger partial charge < -0.3 is 20.5 Å². The first-order valence-corrected chi connectivity index (χ1v) is 6.45. The van der Waals surface area contributed by atoms with Crippen molar-refractivity contribution in [2.24, 2.45) is 0 Å². The zero-order valence-electron chi connectivity index (χ0n) is 11.2. The Balaban J connectivity index is 1.94. The second-order valence-electron chi connectivity index (χ2n) is 4.19. The number of methoxy groups -OCH3 is 1. The summed E-state index contributed by atoms with van der Waals surface area (Å²) in [6.45, 7) is 3.98. The second-order valence-corrected chi connectivity index (χ2v) is 4.19. The number of nitrogen functional groups attached to an aromatic ring is 1. The number of ether oxygens (including phenoxy) is 2. The van der Waals surface area contributed by atoms with Crippen LogP contribution in [0.3, 0.4) is 0 Å². The molecule has 1 aromatic rings. The molecular weight excluding hydrogens is 228 g/mol. The Bertz CT molecular complexity index is 318. The van der Waals surface area contributed by atoms with Gasteiger partial charge in [-0.25, -0.2) is 0 Å². The maximum Gasteiger partial charge on any atom is 0.0700 e. The normalized spacial score (nSPS) is 10.7. The maximum absolute atomic E-state index is 5.86. The summed E-state index contributed by atoms with van der Waals surface area (Å²) in [4.78, 5) is 0. The minimum atomic E-state index is 0.672. The average Bonchev–Trinajstić information content (AvgIpc) is 2.39. The van der Waals surface area contributed by atoms with E-state index in [9.17, 15) is 0 Å². The molecule has 4 nitrogen and oxygen atoms in total. The maximum atomic E-state index is 5.86. The summed E-state index contributed by atoms with van der Waals surface area (Å²) in [7, 11) is 1.68. The van der Waals surface area contributed by atoms with E-state index in [2.05, 4.69) is 11.4 Å². The lowest BCUT2D eigenvalue weighted by molar-refractivity contribution is 0.0688. The molecule has 0 spiro atoms. The van der Waals surface area contributed by atoms with Crippen LogP contribution in [0.1, 0.15) is 18.4 Å². The number of anilines is 1. The Hall–Kier alpha value is -1.10. The fourth-order valence-corrected chi connectivity index (χ4v) is 1.62. The van der Waals surface area contributed by atoms with Crippen molar-refractivity contribution in [2.45, 2.75) is 19.4 Å². The molecule has 0 aliphatic carbocycles. The summed E-state index contributed by atoms with van der Waals surface area (Å²) < 4.78 is 10.3. The summed E-state index contributed by atoms with van der Waals surface area (Å²) in [5.74, 6) is 0. The Morgan fingerprint density at radius 1 is 1.11 bits per heavy atom. The Morgan fingerprint density at radius 2 is 1.94 bits per heavy atom. The van der Waals surface area contributed by atoms with Gasteiger partial charge in [0.05, 0.1) is 13.2 Å². The molecule has 0 saturated heterocycles. The van der Waals surface area contributed by atoms with Crippen molar-refractivity contribution >= 4 is 5.69 Å². The van der Waals surface area contributed by atoms with Crippen LogP contribution >= 0.6 is 0 Å². The lowest BCUT2D eigenvalue weighted by Crippen LogP contribution is -2.16. The van der Waals surface area contributed by atoms with E-state index >= 15 is 0 Å². The summed E-state index contributed by atoms with van der Waals surface area (Å²) >= 11 is 0. The van der Waals surface area contributed by atoms with Gasteiger partial charge >= 0.3 is 0 Å². The van der Waals surface area contributed by atoms with Crippen molar-refractivity contribution < 1.29 is 9.47 Å². The fraction of sp³-hybridized carbons (Fsp3) is 0.571. The Morgan fingerprint density at radius 3 is 2.72 bits per heavy atom. The first kappa shape index (κ1) is 15.0. The van der Waals surface area contributed by atoms with Crippen LogP contribution in [-0.2, 0) is 16.0 Å². The number of nitrogens with one attached hydrogen (secondary N) is 1. The minimum absolute atomic E-state index is 0.672. The molecule has 1 aromatic carbocycles. The molecule has 0 atom stereocenters. The van der Waals surface area contributed by atoms with Crippen LogP contribution in [0.5, 0.6) is 0 Å². The topological polar surface area (TPSA) is 56.5 Å². The first-order valence-electron chi connectivity index (χ1n) is 6.45. The summed E-state index contributed by atoms with van der Waals surface area (Å²) in [5, 5.41) is 3.38. The highest BCUT2D eigenvalue weighted by atomic mass is 16.5. The fourth-order valence-electron chi connectivity index (χ4n) is 1.62. The van der Waals surface area contributed by atoms with Gasteiger partial charge in [0.2, 0.25) is 0 Å². The molecule has 18 heavy (non-hydrogen) atoms. The van der Waals surface area contributed by atoms with Crippen LogP contribution in [0.15, 0.2) is 24.3 Å². The third kappa shape index (κ3) is 6.59. The van der Waals surface area contributed by atoms with Crippen molar-refractivity contribution in [1.29, 1.82) is 0 Å². The molecule has 0 saturated carbocycles. The number of hydrogen-bond acceptors (Lipinski definition) is 4. The van der Waals surface area contributed by atoms with Crippen molar-refractivity contribution in [1.82, 2.24) is 5.32 Å². The largest absolute Gasteiger partial charge is 0.398 e. The molecule has 4 heteroatoms. The van der Waals surface area contributed by atoms with Crippen LogP contribution in [0, 0.1) is 0 Å². The number of para-hydroxylation sites is 1. The van der Waals surface area contributed by atoms with E-state index in [1.54, 1.807) is 7.11 Å². The van der Waals surface area contributed by atoms with Gasteiger partial charge in [-0.15, -0.1) is 0 Å². The average molecular weight is 252 g/mol. The van der Waals surface area contributed by atoms with Crippen LogP contribution in [-0.4, -0.2) is 33.5 Å². The highest BCUT2D eigenvalue weighted by Gasteiger charge is 1.96. The van der Waals surface area contributed by atoms with Crippen LogP contribution in [0.25, 0.3) is 0 Å². The predicted octanol–water partition coefficient (Wildman–Crippen LogP) is 1.80. The summed E-state index contributed by atoms with van der Waals surface area (Å²) in [6, 6.07) is 7.95. The molecule has 3 N–H and O–H groups in total. The molecule has 0 unspecified atom stereocenters. The number of unbranched alkanes of at least 4 members (excludes halogenated alkanes) is 1. The molecule has 1 rings (SSSR count). The van der Waals surface area contributed by atoms with Gasteiger partial charge in [-0.3, -0.25) is 0 Å². The molecule has 0 fully saturated rings. The number of hydrogen-bond donors (Lipinski definition) is 2. The molecule has 0 radical (unpaired) electrons. The quantitative estimate of drug-likeness (QED) is 0.492. The van der Waals surface area contributed by atoms with E-state index in [1.165, 1.54) is 0 Å². The Kier molecular flexibility index (Phi) is 8.21. The molecule has 102 valence electrons. The zero-order valence-corrected chi connectivity index (χ0v) is 11.2. The molecular formula is C14H24N2O2. The van der Waals surface area contributed by atoms with E-state index in [0.29, 0.717) is 13.2 Å². The van der Waals surface area contributed by atoms with E-state index < -0.39 is 0 Å². The molecule has 0 amide bonds.